The van der Waals surface area contributed by atoms with Gasteiger partial charge in [-0.05, 0) is 56.6 Å². The minimum Gasteiger partial charge on any atom is -0.480 e. The Labute approximate surface area is 155 Å². The molecule has 0 unspecified atom stereocenters. The molecule has 0 saturated carbocycles. The van der Waals surface area contributed by atoms with Gasteiger partial charge in [0.1, 0.15) is 5.75 Å². The zero-order valence-electron chi connectivity index (χ0n) is 15.4. The molecule has 2 fully saturated rings. The highest BCUT2D eigenvalue weighted by atomic mass is 16.5. The summed E-state index contributed by atoms with van der Waals surface area (Å²) in [4.78, 5) is 29.4. The first kappa shape index (κ1) is 17.4. The number of carbonyl (C=O) groups excluding carboxylic acids is 2. The Morgan fingerprint density at radius 2 is 1.54 bits per heavy atom. The number of likely N-dealkylation sites (tertiary alicyclic amines) is 2. The summed E-state index contributed by atoms with van der Waals surface area (Å²) >= 11 is 0. The van der Waals surface area contributed by atoms with Crippen molar-refractivity contribution in [3.05, 3.63) is 29.8 Å². The molecule has 26 heavy (non-hydrogen) atoms. The van der Waals surface area contributed by atoms with E-state index in [9.17, 15) is 9.59 Å². The van der Waals surface area contributed by atoms with Gasteiger partial charge < -0.3 is 14.5 Å². The van der Waals surface area contributed by atoms with Gasteiger partial charge in [-0.25, -0.2) is 0 Å². The summed E-state index contributed by atoms with van der Waals surface area (Å²) in [6.07, 6.45) is 6.31. The van der Waals surface area contributed by atoms with Crippen molar-refractivity contribution in [2.45, 2.75) is 51.0 Å². The topological polar surface area (TPSA) is 49.9 Å². The number of rotatable bonds is 2. The van der Waals surface area contributed by atoms with Crippen molar-refractivity contribution in [1.82, 2.24) is 9.80 Å². The van der Waals surface area contributed by atoms with Crippen molar-refractivity contribution in [2.75, 3.05) is 26.2 Å². The third-order valence-electron chi connectivity index (χ3n) is 6.02. The third kappa shape index (κ3) is 3.57. The number of carbonyl (C=O) groups is 2. The van der Waals surface area contributed by atoms with Crippen molar-refractivity contribution in [3.63, 3.8) is 0 Å². The van der Waals surface area contributed by atoms with Crippen LogP contribution in [-0.4, -0.2) is 53.9 Å². The molecule has 2 amide bonds. The van der Waals surface area contributed by atoms with Crippen molar-refractivity contribution >= 4 is 11.8 Å². The predicted octanol–water partition coefficient (Wildman–Crippen LogP) is 2.63. The summed E-state index contributed by atoms with van der Waals surface area (Å²) in [7, 11) is 0. The van der Waals surface area contributed by atoms with E-state index in [0.717, 1.165) is 57.4 Å². The van der Waals surface area contributed by atoms with Gasteiger partial charge in [-0.1, -0.05) is 18.2 Å². The zero-order valence-corrected chi connectivity index (χ0v) is 15.4. The maximum absolute atomic E-state index is 12.8. The Hall–Kier alpha value is -2.04. The fourth-order valence-electron chi connectivity index (χ4n) is 4.42. The van der Waals surface area contributed by atoms with Gasteiger partial charge >= 0.3 is 0 Å². The molecule has 0 aromatic heterocycles. The largest absolute Gasteiger partial charge is 0.480 e. The first-order valence-electron chi connectivity index (χ1n) is 10.0. The van der Waals surface area contributed by atoms with Crippen LogP contribution in [0.2, 0.25) is 0 Å². The molecular weight excluding hydrogens is 328 g/mol. The molecule has 3 heterocycles. The van der Waals surface area contributed by atoms with Crippen LogP contribution in [0.25, 0.3) is 0 Å². The smallest absolute Gasteiger partial charge is 0.263 e. The second kappa shape index (κ2) is 7.68. The summed E-state index contributed by atoms with van der Waals surface area (Å²) in [6.45, 7) is 3.16. The van der Waals surface area contributed by atoms with Crippen molar-refractivity contribution in [3.8, 4) is 5.75 Å². The lowest BCUT2D eigenvalue weighted by Gasteiger charge is -2.37. The molecule has 5 heteroatoms. The van der Waals surface area contributed by atoms with E-state index in [1.165, 1.54) is 12.0 Å². The number of ether oxygens (including phenoxy) is 1. The van der Waals surface area contributed by atoms with E-state index >= 15 is 0 Å². The molecule has 0 spiro atoms. The lowest BCUT2D eigenvalue weighted by atomic mass is 9.93. The molecule has 1 aromatic rings. The average Bonchev–Trinajstić information content (AvgIpc) is 2.73. The second-order valence-corrected chi connectivity index (χ2v) is 7.74. The molecule has 5 nitrogen and oxygen atoms in total. The van der Waals surface area contributed by atoms with Gasteiger partial charge in [-0.15, -0.1) is 0 Å². The summed E-state index contributed by atoms with van der Waals surface area (Å²) in [5, 5.41) is 0. The molecular formula is C21H28N2O3. The molecule has 3 aliphatic heterocycles. The van der Waals surface area contributed by atoms with Crippen LogP contribution in [-0.2, 0) is 16.0 Å². The number of fused-ring (bicyclic) bond motifs is 1. The van der Waals surface area contributed by atoms with Crippen LogP contribution in [0.4, 0.5) is 0 Å². The molecule has 0 aliphatic carbocycles. The van der Waals surface area contributed by atoms with Gasteiger partial charge in [0.25, 0.3) is 5.91 Å². The normalized spacial score (nSPS) is 23.9. The summed E-state index contributed by atoms with van der Waals surface area (Å²) < 4.78 is 5.95. The van der Waals surface area contributed by atoms with Crippen LogP contribution in [0, 0.1) is 5.92 Å². The number of piperidine rings is 2. The minimum absolute atomic E-state index is 0.0865. The first-order chi connectivity index (χ1) is 12.7. The van der Waals surface area contributed by atoms with E-state index in [0.29, 0.717) is 19.0 Å². The number of benzene rings is 1. The van der Waals surface area contributed by atoms with E-state index in [1.807, 2.05) is 28.0 Å². The Morgan fingerprint density at radius 1 is 0.846 bits per heavy atom. The lowest BCUT2D eigenvalue weighted by molar-refractivity contribution is -0.145. The number of hydrogen-bond acceptors (Lipinski definition) is 3. The maximum Gasteiger partial charge on any atom is 0.263 e. The Morgan fingerprint density at radius 3 is 2.31 bits per heavy atom. The van der Waals surface area contributed by atoms with Crippen LogP contribution in [0.5, 0.6) is 5.75 Å². The molecule has 2 saturated heterocycles. The van der Waals surface area contributed by atoms with Crippen LogP contribution in [0.15, 0.2) is 24.3 Å². The zero-order chi connectivity index (χ0) is 17.9. The van der Waals surface area contributed by atoms with Crippen molar-refractivity contribution in [2.24, 2.45) is 5.92 Å². The SMILES string of the molecule is O=C(C1CCN(C(=O)[C@@H]2CCc3ccccc3O2)CC1)N1CCCCC1. The number of hydrogen-bond donors (Lipinski definition) is 0. The molecule has 1 aromatic carbocycles. The molecule has 0 N–H and O–H groups in total. The van der Waals surface area contributed by atoms with E-state index in [1.54, 1.807) is 0 Å². The van der Waals surface area contributed by atoms with Gasteiger partial charge in [-0.3, -0.25) is 9.59 Å². The fourth-order valence-corrected chi connectivity index (χ4v) is 4.42. The number of aryl methyl sites for hydroxylation is 1. The van der Waals surface area contributed by atoms with Gasteiger partial charge in [0.05, 0.1) is 0 Å². The average molecular weight is 356 g/mol. The molecule has 3 aliphatic rings. The number of para-hydroxylation sites is 1. The van der Waals surface area contributed by atoms with Crippen LogP contribution in [0.1, 0.15) is 44.1 Å². The van der Waals surface area contributed by atoms with Crippen LogP contribution in [0.3, 0.4) is 0 Å². The third-order valence-corrected chi connectivity index (χ3v) is 6.02. The molecule has 0 bridgehead atoms. The van der Waals surface area contributed by atoms with Gasteiger partial charge in [0.2, 0.25) is 5.91 Å². The summed E-state index contributed by atoms with van der Waals surface area (Å²) in [5.41, 5.74) is 1.18. The van der Waals surface area contributed by atoms with Crippen molar-refractivity contribution in [1.29, 1.82) is 0 Å². The minimum atomic E-state index is -0.376. The standard InChI is InChI=1S/C21H28N2O3/c24-20(22-12-4-1-5-13-22)17-10-14-23(15-11-17)21(25)19-9-8-16-6-2-3-7-18(16)26-19/h2-3,6-7,17,19H,1,4-5,8-15H2/t19-/m0/s1. The molecule has 140 valence electrons. The monoisotopic (exact) mass is 356 g/mol. The van der Waals surface area contributed by atoms with Crippen molar-refractivity contribution < 1.29 is 14.3 Å². The molecule has 0 radical (unpaired) electrons. The molecule has 1 atom stereocenters. The Balaban J connectivity index is 1.30. The van der Waals surface area contributed by atoms with E-state index in [-0.39, 0.29) is 17.9 Å². The Kier molecular flexibility index (Phi) is 5.14. The van der Waals surface area contributed by atoms with Gasteiger partial charge in [0.15, 0.2) is 6.10 Å². The number of amides is 2. The maximum atomic E-state index is 12.8. The van der Waals surface area contributed by atoms with Gasteiger partial charge in [0, 0.05) is 32.1 Å². The molecule has 4 rings (SSSR count). The first-order valence-corrected chi connectivity index (χ1v) is 10.0. The van der Waals surface area contributed by atoms with E-state index in [4.69, 9.17) is 4.74 Å². The van der Waals surface area contributed by atoms with Gasteiger partial charge in [-0.2, -0.15) is 0 Å². The predicted molar refractivity (Wildman–Crippen MR) is 98.9 cm³/mol. The highest BCUT2D eigenvalue weighted by Gasteiger charge is 2.34. The highest BCUT2D eigenvalue weighted by molar-refractivity contribution is 5.83. The van der Waals surface area contributed by atoms with E-state index < -0.39 is 0 Å². The van der Waals surface area contributed by atoms with E-state index in [2.05, 4.69) is 6.07 Å². The quantitative estimate of drug-likeness (QED) is 0.818. The number of nitrogens with zero attached hydrogens (tertiary/aromatic N) is 2. The van der Waals surface area contributed by atoms with Crippen LogP contribution >= 0.6 is 0 Å². The summed E-state index contributed by atoms with van der Waals surface area (Å²) in [6, 6.07) is 7.96. The highest BCUT2D eigenvalue weighted by Crippen LogP contribution is 2.29. The van der Waals surface area contributed by atoms with Crippen LogP contribution < -0.4 is 4.74 Å². The summed E-state index contributed by atoms with van der Waals surface area (Å²) in [5.74, 6) is 1.32. The second-order valence-electron chi connectivity index (χ2n) is 7.74. The Bertz CT molecular complexity index is 661. The lowest BCUT2D eigenvalue weighted by Crippen LogP contribution is -2.49. The fraction of sp³-hybridized carbons (Fsp3) is 0.619.